The van der Waals surface area contributed by atoms with E-state index >= 15 is 0 Å². The second kappa shape index (κ2) is 6.67. The molecule has 1 aromatic heterocycles. The number of nitrogens with one attached hydrogen (secondary N) is 1. The van der Waals surface area contributed by atoms with Gasteiger partial charge in [0.25, 0.3) is 5.91 Å². The number of amides is 1. The molecule has 8 heteroatoms. The number of rotatable bonds is 5. The van der Waals surface area contributed by atoms with Crippen molar-refractivity contribution in [3.8, 4) is 5.75 Å². The van der Waals surface area contributed by atoms with Crippen LogP contribution in [0.4, 0.5) is 5.69 Å². The number of carbonyl (C=O) groups is 1. The highest BCUT2D eigenvalue weighted by Crippen LogP contribution is 2.25. The minimum atomic E-state index is -0.436. The Balaban J connectivity index is 2.13. The Kier molecular flexibility index (Phi) is 4.68. The largest absolute Gasteiger partial charge is 0.483 e. The zero-order chi connectivity index (χ0) is 15.2. The lowest BCUT2D eigenvalue weighted by molar-refractivity contribution is 0.102. The SMILES string of the molecule is N/C(COc1ccccc1NC(=O)c1ccoc1Cl)=N/O. The van der Waals surface area contributed by atoms with Crippen LogP contribution < -0.4 is 15.8 Å². The predicted octanol–water partition coefficient (Wildman–Crippen LogP) is 2.31. The number of amidine groups is 1. The molecule has 1 heterocycles. The first-order valence-corrected chi connectivity index (χ1v) is 6.22. The topological polar surface area (TPSA) is 110 Å². The molecule has 0 saturated carbocycles. The number of furan rings is 1. The van der Waals surface area contributed by atoms with Gasteiger partial charge in [0.2, 0.25) is 5.22 Å². The van der Waals surface area contributed by atoms with E-state index in [-0.39, 0.29) is 23.2 Å². The standard InChI is InChI=1S/C13H12ClN3O4/c14-12-8(5-6-20-12)13(18)16-9-3-1-2-4-10(9)21-7-11(15)17-19/h1-6,19H,7H2,(H2,15,17)(H,16,18). The number of oxime groups is 1. The summed E-state index contributed by atoms with van der Waals surface area (Å²) in [6.07, 6.45) is 1.32. The molecule has 0 bridgehead atoms. The zero-order valence-corrected chi connectivity index (χ0v) is 11.5. The number of benzene rings is 1. The third-order valence-electron chi connectivity index (χ3n) is 2.50. The summed E-state index contributed by atoms with van der Waals surface area (Å²) < 4.78 is 10.2. The lowest BCUT2D eigenvalue weighted by Gasteiger charge is -2.11. The maximum atomic E-state index is 12.0. The number of anilines is 1. The summed E-state index contributed by atoms with van der Waals surface area (Å²) >= 11 is 5.74. The molecule has 110 valence electrons. The molecule has 0 spiro atoms. The fraction of sp³-hybridized carbons (Fsp3) is 0.0769. The summed E-state index contributed by atoms with van der Waals surface area (Å²) in [5.41, 5.74) is 5.96. The molecule has 1 amide bonds. The predicted molar refractivity (Wildman–Crippen MR) is 77.0 cm³/mol. The van der Waals surface area contributed by atoms with E-state index in [0.717, 1.165) is 0 Å². The molecular weight excluding hydrogens is 298 g/mol. The fourth-order valence-electron chi connectivity index (χ4n) is 1.52. The van der Waals surface area contributed by atoms with Crippen LogP contribution in [0.25, 0.3) is 0 Å². The first-order valence-electron chi connectivity index (χ1n) is 5.84. The molecule has 0 aliphatic carbocycles. The number of nitrogens with two attached hydrogens (primary N) is 1. The van der Waals surface area contributed by atoms with Crippen LogP contribution in [0.3, 0.4) is 0 Å². The summed E-state index contributed by atoms with van der Waals surface area (Å²) in [4.78, 5) is 12.0. The monoisotopic (exact) mass is 309 g/mol. The Morgan fingerprint density at radius 3 is 2.86 bits per heavy atom. The van der Waals surface area contributed by atoms with Gasteiger partial charge < -0.3 is 25.4 Å². The van der Waals surface area contributed by atoms with E-state index in [1.165, 1.54) is 12.3 Å². The van der Waals surface area contributed by atoms with Gasteiger partial charge >= 0.3 is 0 Å². The third kappa shape index (κ3) is 3.67. The summed E-state index contributed by atoms with van der Waals surface area (Å²) in [6, 6.07) is 8.19. The van der Waals surface area contributed by atoms with Gasteiger partial charge in [0, 0.05) is 0 Å². The molecule has 7 nitrogen and oxygen atoms in total. The van der Waals surface area contributed by atoms with Crippen molar-refractivity contribution in [2.45, 2.75) is 0 Å². The minimum Gasteiger partial charge on any atom is -0.483 e. The molecule has 21 heavy (non-hydrogen) atoms. The van der Waals surface area contributed by atoms with Crippen molar-refractivity contribution in [1.82, 2.24) is 0 Å². The summed E-state index contributed by atoms with van der Waals surface area (Å²) in [6.45, 7) is -0.115. The van der Waals surface area contributed by atoms with E-state index in [4.69, 9.17) is 31.7 Å². The van der Waals surface area contributed by atoms with E-state index in [2.05, 4.69) is 10.5 Å². The highest BCUT2D eigenvalue weighted by atomic mass is 35.5. The summed E-state index contributed by atoms with van der Waals surface area (Å²) in [5, 5.41) is 13.9. The number of hydrogen-bond donors (Lipinski definition) is 3. The van der Waals surface area contributed by atoms with Crippen molar-refractivity contribution in [3.63, 3.8) is 0 Å². The molecule has 0 atom stereocenters. The average molecular weight is 310 g/mol. The van der Waals surface area contributed by atoms with Crippen LogP contribution in [0, 0.1) is 0 Å². The number of nitrogens with zero attached hydrogens (tertiary/aromatic N) is 1. The zero-order valence-electron chi connectivity index (χ0n) is 10.7. The van der Waals surface area contributed by atoms with Crippen LogP contribution in [0.15, 0.2) is 46.2 Å². The Morgan fingerprint density at radius 2 is 2.19 bits per heavy atom. The quantitative estimate of drug-likeness (QED) is 0.340. The van der Waals surface area contributed by atoms with Crippen molar-refractivity contribution in [3.05, 3.63) is 47.4 Å². The van der Waals surface area contributed by atoms with Gasteiger partial charge in [0.1, 0.15) is 12.4 Å². The molecule has 0 fully saturated rings. The Hall–Kier alpha value is -2.67. The van der Waals surface area contributed by atoms with Gasteiger partial charge in [-0.3, -0.25) is 4.79 Å². The molecular formula is C13H12ClN3O4. The number of hydrogen-bond acceptors (Lipinski definition) is 5. The molecule has 2 aromatic rings. The number of carbonyl (C=O) groups excluding carboxylic acids is 1. The number of halogens is 1. The van der Waals surface area contributed by atoms with Crippen molar-refractivity contribution in [2.75, 3.05) is 11.9 Å². The Bertz CT molecular complexity index is 669. The van der Waals surface area contributed by atoms with Crippen molar-refractivity contribution in [1.29, 1.82) is 0 Å². The van der Waals surface area contributed by atoms with E-state index in [0.29, 0.717) is 11.4 Å². The highest BCUT2D eigenvalue weighted by Gasteiger charge is 2.15. The minimum absolute atomic E-state index is 0.00237. The summed E-state index contributed by atoms with van der Waals surface area (Å²) in [5.74, 6) is -0.153. The normalized spacial score (nSPS) is 11.2. The van der Waals surface area contributed by atoms with E-state index in [9.17, 15) is 4.79 Å². The van der Waals surface area contributed by atoms with Crippen LogP contribution in [0.1, 0.15) is 10.4 Å². The highest BCUT2D eigenvalue weighted by molar-refractivity contribution is 6.32. The van der Waals surface area contributed by atoms with Crippen LogP contribution >= 0.6 is 11.6 Å². The molecule has 0 aliphatic rings. The maximum Gasteiger partial charge on any atom is 0.260 e. The third-order valence-corrected chi connectivity index (χ3v) is 2.79. The molecule has 0 unspecified atom stereocenters. The smallest absolute Gasteiger partial charge is 0.260 e. The van der Waals surface area contributed by atoms with E-state index < -0.39 is 5.91 Å². The van der Waals surface area contributed by atoms with Crippen LogP contribution in [-0.2, 0) is 0 Å². The first-order chi connectivity index (χ1) is 10.1. The summed E-state index contributed by atoms with van der Waals surface area (Å²) in [7, 11) is 0. The van der Waals surface area contributed by atoms with E-state index in [1.54, 1.807) is 24.3 Å². The van der Waals surface area contributed by atoms with Gasteiger partial charge in [-0.2, -0.15) is 0 Å². The lowest BCUT2D eigenvalue weighted by Crippen LogP contribution is -2.21. The molecule has 1 aromatic carbocycles. The number of ether oxygens (including phenoxy) is 1. The van der Waals surface area contributed by atoms with Crippen LogP contribution in [0.5, 0.6) is 5.75 Å². The average Bonchev–Trinajstić information content (AvgIpc) is 2.92. The second-order valence-corrected chi connectivity index (χ2v) is 4.28. The van der Waals surface area contributed by atoms with Gasteiger partial charge in [0.15, 0.2) is 5.84 Å². The van der Waals surface area contributed by atoms with Gasteiger partial charge in [-0.25, -0.2) is 0 Å². The van der Waals surface area contributed by atoms with Gasteiger partial charge in [0.05, 0.1) is 17.5 Å². The second-order valence-electron chi connectivity index (χ2n) is 3.94. The molecule has 0 aliphatic heterocycles. The van der Waals surface area contributed by atoms with Gasteiger partial charge in [-0.1, -0.05) is 17.3 Å². The lowest BCUT2D eigenvalue weighted by atomic mass is 10.2. The van der Waals surface area contributed by atoms with E-state index in [1.807, 2.05) is 0 Å². The van der Waals surface area contributed by atoms with Crippen molar-refractivity contribution in [2.24, 2.45) is 10.9 Å². The van der Waals surface area contributed by atoms with Crippen molar-refractivity contribution >= 4 is 29.0 Å². The maximum absolute atomic E-state index is 12.0. The molecule has 0 saturated heterocycles. The van der Waals surface area contributed by atoms with Crippen LogP contribution in [0.2, 0.25) is 5.22 Å². The van der Waals surface area contributed by atoms with Crippen LogP contribution in [-0.4, -0.2) is 23.6 Å². The Labute approximate surface area is 124 Å². The molecule has 2 rings (SSSR count). The Morgan fingerprint density at radius 1 is 1.43 bits per heavy atom. The van der Waals surface area contributed by atoms with Gasteiger partial charge in [-0.15, -0.1) is 0 Å². The number of para-hydroxylation sites is 2. The van der Waals surface area contributed by atoms with Gasteiger partial charge in [-0.05, 0) is 29.8 Å². The van der Waals surface area contributed by atoms with Crippen molar-refractivity contribution < 1.29 is 19.2 Å². The molecule has 0 radical (unpaired) electrons. The first kappa shape index (κ1) is 14.7. The fourth-order valence-corrected chi connectivity index (χ4v) is 1.72. The molecule has 4 N–H and O–H groups in total.